The second-order valence-electron chi connectivity index (χ2n) is 8.79. The van der Waals surface area contributed by atoms with Gasteiger partial charge in [-0.3, -0.25) is 9.59 Å². The van der Waals surface area contributed by atoms with Gasteiger partial charge in [0, 0.05) is 19.4 Å². The Morgan fingerprint density at radius 3 is 1.96 bits per heavy atom. The number of nitrogens with two attached hydrogens (primary N) is 1. The number of rotatable bonds is 11. The molecule has 0 saturated carbocycles. The van der Waals surface area contributed by atoms with Crippen LogP contribution in [0.5, 0.6) is 0 Å². The van der Waals surface area contributed by atoms with E-state index in [1.54, 1.807) is 0 Å². The molecule has 0 aromatic rings. The molecule has 1 atom stereocenters. The summed E-state index contributed by atoms with van der Waals surface area (Å²) in [4.78, 5) is 35.1. The van der Waals surface area contributed by atoms with Crippen molar-refractivity contribution >= 4 is 17.8 Å². The summed E-state index contributed by atoms with van der Waals surface area (Å²) < 4.78 is 10.4. The van der Waals surface area contributed by atoms with Crippen molar-refractivity contribution in [3.8, 4) is 0 Å². The van der Waals surface area contributed by atoms with Crippen LogP contribution >= 0.6 is 0 Å². The van der Waals surface area contributed by atoms with Crippen molar-refractivity contribution in [2.45, 2.75) is 104 Å². The second kappa shape index (κ2) is 12.0. The zero-order valence-electron chi connectivity index (χ0n) is 17.9. The van der Waals surface area contributed by atoms with Gasteiger partial charge in [-0.1, -0.05) is 0 Å². The Morgan fingerprint density at radius 2 is 1.41 bits per heavy atom. The van der Waals surface area contributed by atoms with Crippen LogP contribution in [-0.2, 0) is 19.1 Å². The average Bonchev–Trinajstić information content (AvgIpc) is 2.47. The molecule has 7 heteroatoms. The van der Waals surface area contributed by atoms with Crippen LogP contribution in [0.2, 0.25) is 0 Å². The highest BCUT2D eigenvalue weighted by Gasteiger charge is 2.17. The topological polar surface area (TPSA) is 108 Å². The van der Waals surface area contributed by atoms with E-state index in [1.807, 2.05) is 41.5 Å². The van der Waals surface area contributed by atoms with Gasteiger partial charge in [-0.05, 0) is 73.6 Å². The number of unbranched alkanes of at least 4 members (excludes halogenated alkanes) is 2. The molecule has 0 aliphatic rings. The molecule has 3 N–H and O–H groups in total. The fraction of sp³-hybridized carbons (Fsp3) is 0.850. The van der Waals surface area contributed by atoms with Gasteiger partial charge in [0.15, 0.2) is 0 Å². The first-order valence-electron chi connectivity index (χ1n) is 9.77. The van der Waals surface area contributed by atoms with Gasteiger partial charge in [0.05, 0.1) is 6.04 Å². The molecule has 0 radical (unpaired) electrons. The predicted molar refractivity (Wildman–Crippen MR) is 105 cm³/mol. The third-order valence-corrected chi connectivity index (χ3v) is 3.50. The van der Waals surface area contributed by atoms with Crippen LogP contribution in [0.1, 0.15) is 86.5 Å². The van der Waals surface area contributed by atoms with Gasteiger partial charge in [-0.2, -0.15) is 0 Å². The first-order valence-corrected chi connectivity index (χ1v) is 9.77. The van der Waals surface area contributed by atoms with Crippen LogP contribution in [0, 0.1) is 0 Å². The normalized spacial score (nSPS) is 13.0. The molecule has 0 bridgehead atoms. The largest absolute Gasteiger partial charge is 0.460 e. The maximum atomic E-state index is 12.0. The lowest BCUT2D eigenvalue weighted by molar-refractivity contribution is -0.155. The van der Waals surface area contributed by atoms with Crippen molar-refractivity contribution < 1.29 is 23.9 Å². The first-order chi connectivity index (χ1) is 12.3. The van der Waals surface area contributed by atoms with Crippen LogP contribution < -0.4 is 11.1 Å². The van der Waals surface area contributed by atoms with Gasteiger partial charge in [-0.15, -0.1) is 0 Å². The molecule has 0 aromatic heterocycles. The quantitative estimate of drug-likeness (QED) is 0.416. The zero-order valence-corrected chi connectivity index (χ0v) is 17.9. The fourth-order valence-corrected chi connectivity index (χ4v) is 2.30. The van der Waals surface area contributed by atoms with E-state index in [0.717, 1.165) is 12.8 Å². The van der Waals surface area contributed by atoms with Gasteiger partial charge in [-0.25, -0.2) is 4.79 Å². The van der Waals surface area contributed by atoms with E-state index in [9.17, 15) is 14.4 Å². The number of ether oxygens (including phenoxy) is 2. The Morgan fingerprint density at radius 1 is 0.852 bits per heavy atom. The summed E-state index contributed by atoms with van der Waals surface area (Å²) in [6, 6.07) is -0.493. The van der Waals surface area contributed by atoms with Crippen molar-refractivity contribution in [1.82, 2.24) is 5.32 Å². The Hall–Kier alpha value is -1.63. The van der Waals surface area contributed by atoms with Crippen LogP contribution in [0.15, 0.2) is 0 Å². The molecule has 27 heavy (non-hydrogen) atoms. The zero-order chi connectivity index (χ0) is 21.1. The molecule has 0 fully saturated rings. The monoisotopic (exact) mass is 386 g/mol. The summed E-state index contributed by atoms with van der Waals surface area (Å²) in [6.45, 7) is 11.4. The van der Waals surface area contributed by atoms with Gasteiger partial charge in [0.1, 0.15) is 17.0 Å². The number of Topliss-reactive ketones (excluding diaryl/α,β-unsaturated/α-hetero) is 1. The number of nitrogens with one attached hydrogen (secondary N) is 1. The maximum Gasteiger partial charge on any atom is 0.407 e. The highest BCUT2D eigenvalue weighted by atomic mass is 16.6. The van der Waals surface area contributed by atoms with Crippen molar-refractivity contribution in [1.29, 1.82) is 0 Å². The van der Waals surface area contributed by atoms with E-state index in [2.05, 4.69) is 5.32 Å². The summed E-state index contributed by atoms with van der Waals surface area (Å²) in [7, 11) is 0. The number of carbonyl (C=O) groups is 3. The van der Waals surface area contributed by atoms with E-state index in [1.165, 1.54) is 0 Å². The Labute approximate surface area is 163 Å². The van der Waals surface area contributed by atoms with Crippen molar-refractivity contribution in [2.24, 2.45) is 5.73 Å². The lowest BCUT2D eigenvalue weighted by atomic mass is 10.0. The van der Waals surface area contributed by atoms with Crippen LogP contribution in [-0.4, -0.2) is 41.6 Å². The highest BCUT2D eigenvalue weighted by molar-refractivity contribution is 5.83. The van der Waals surface area contributed by atoms with Crippen LogP contribution in [0.3, 0.4) is 0 Å². The number of ketones is 1. The molecular formula is C20H38N2O5. The molecular weight excluding hydrogens is 348 g/mol. The first kappa shape index (κ1) is 25.4. The lowest BCUT2D eigenvalue weighted by Gasteiger charge is -2.19. The summed E-state index contributed by atoms with van der Waals surface area (Å²) >= 11 is 0. The smallest absolute Gasteiger partial charge is 0.407 e. The molecule has 1 amide bonds. The van der Waals surface area contributed by atoms with Crippen molar-refractivity contribution in [2.75, 3.05) is 6.54 Å². The second-order valence-corrected chi connectivity index (χ2v) is 8.79. The minimum absolute atomic E-state index is 0.0132. The number of hydrogen-bond donors (Lipinski definition) is 2. The SMILES string of the molecule is CC(C)(C)OC(=O)CCCCC(=O)[C@@H](N)CCCCNC(=O)OC(C)(C)C. The summed E-state index contributed by atoms with van der Waals surface area (Å²) in [5.74, 6) is -0.226. The summed E-state index contributed by atoms with van der Waals surface area (Å²) in [5.41, 5.74) is 4.92. The molecule has 0 unspecified atom stereocenters. The number of hydrogen-bond acceptors (Lipinski definition) is 6. The molecule has 0 heterocycles. The van der Waals surface area contributed by atoms with Gasteiger partial charge >= 0.3 is 12.1 Å². The molecule has 158 valence electrons. The van der Waals surface area contributed by atoms with E-state index >= 15 is 0 Å². The minimum atomic E-state index is -0.512. The summed E-state index contributed by atoms with van der Waals surface area (Å²) in [6.07, 6.45) is 3.57. The fourth-order valence-electron chi connectivity index (χ4n) is 2.30. The molecule has 0 saturated heterocycles. The number of alkyl carbamates (subject to hydrolysis) is 1. The lowest BCUT2D eigenvalue weighted by Crippen LogP contribution is -2.33. The number of amides is 1. The molecule has 0 aliphatic heterocycles. The van der Waals surface area contributed by atoms with Gasteiger partial charge < -0.3 is 20.5 Å². The average molecular weight is 387 g/mol. The van der Waals surface area contributed by atoms with E-state index in [0.29, 0.717) is 38.6 Å². The Bertz CT molecular complexity index is 478. The van der Waals surface area contributed by atoms with Gasteiger partial charge in [0.25, 0.3) is 0 Å². The molecule has 7 nitrogen and oxygen atoms in total. The van der Waals surface area contributed by atoms with Crippen molar-refractivity contribution in [3.05, 3.63) is 0 Å². The number of carbonyl (C=O) groups excluding carboxylic acids is 3. The third-order valence-electron chi connectivity index (χ3n) is 3.50. The molecule has 0 aromatic carbocycles. The number of esters is 1. The van der Waals surface area contributed by atoms with E-state index in [4.69, 9.17) is 15.2 Å². The third kappa shape index (κ3) is 16.3. The van der Waals surface area contributed by atoms with E-state index in [-0.39, 0.29) is 11.8 Å². The summed E-state index contributed by atoms with van der Waals surface area (Å²) in [5, 5.41) is 2.68. The molecule has 0 spiro atoms. The maximum absolute atomic E-state index is 12.0. The van der Waals surface area contributed by atoms with Crippen LogP contribution in [0.4, 0.5) is 4.79 Å². The van der Waals surface area contributed by atoms with Gasteiger partial charge in [0.2, 0.25) is 0 Å². The highest BCUT2D eigenvalue weighted by Crippen LogP contribution is 2.12. The molecule has 0 aliphatic carbocycles. The van der Waals surface area contributed by atoms with E-state index < -0.39 is 23.3 Å². The Kier molecular flexibility index (Phi) is 11.2. The van der Waals surface area contributed by atoms with Crippen molar-refractivity contribution in [3.63, 3.8) is 0 Å². The standard InChI is InChI=1S/C20H38N2O5/c1-19(2,3)26-17(24)13-8-7-12-16(23)15(21)11-9-10-14-22-18(25)27-20(4,5)6/h15H,7-14,21H2,1-6H3,(H,22,25)/t15-/m0/s1. The Balaban J connectivity index is 3.76. The van der Waals surface area contributed by atoms with Crippen LogP contribution in [0.25, 0.3) is 0 Å². The predicted octanol–water partition coefficient (Wildman–Crippen LogP) is 3.48. The molecule has 0 rings (SSSR count). The minimum Gasteiger partial charge on any atom is -0.460 e.